The Bertz CT molecular complexity index is 252. The zero-order chi connectivity index (χ0) is 8.97. The number of rotatable bonds is 3. The Hall–Kier alpha value is -0.700. The van der Waals surface area contributed by atoms with Crippen molar-refractivity contribution in [2.75, 3.05) is 24.5 Å². The molecule has 0 bridgehead atoms. The molecule has 0 aliphatic heterocycles. The van der Waals surface area contributed by atoms with Crippen LogP contribution in [-0.4, -0.2) is 19.6 Å². The number of halogens is 1. The van der Waals surface area contributed by atoms with Crippen molar-refractivity contribution in [3.05, 3.63) is 24.3 Å². The molecule has 1 aromatic rings. The standard InChI is InChI=1S/C9H12BrNO/c1-11(7-10)8-5-3-4-6-9(8)12-2/h3-6H,7H2,1-2H3. The minimum atomic E-state index is 0.799. The van der Waals surface area contributed by atoms with Gasteiger partial charge in [-0.1, -0.05) is 28.1 Å². The fraction of sp³-hybridized carbons (Fsp3) is 0.333. The minimum Gasteiger partial charge on any atom is -0.495 e. The maximum absolute atomic E-state index is 5.21. The third-order valence-electron chi connectivity index (χ3n) is 1.68. The first-order valence-corrected chi connectivity index (χ1v) is 4.82. The molecule has 0 heterocycles. The van der Waals surface area contributed by atoms with Gasteiger partial charge in [-0.15, -0.1) is 0 Å². The smallest absolute Gasteiger partial charge is 0.142 e. The summed E-state index contributed by atoms with van der Waals surface area (Å²) in [7, 11) is 3.69. The highest BCUT2D eigenvalue weighted by Gasteiger charge is 2.04. The normalized spacial score (nSPS) is 9.58. The first-order valence-electron chi connectivity index (χ1n) is 3.69. The highest BCUT2D eigenvalue weighted by atomic mass is 79.9. The number of para-hydroxylation sites is 2. The number of anilines is 1. The molecule has 0 aromatic heterocycles. The second kappa shape index (κ2) is 4.36. The highest BCUT2D eigenvalue weighted by Crippen LogP contribution is 2.26. The molecule has 0 N–H and O–H groups in total. The summed E-state index contributed by atoms with van der Waals surface area (Å²) in [6, 6.07) is 7.94. The Morgan fingerprint density at radius 1 is 1.42 bits per heavy atom. The van der Waals surface area contributed by atoms with Crippen molar-refractivity contribution in [2.24, 2.45) is 0 Å². The van der Waals surface area contributed by atoms with Gasteiger partial charge in [0.1, 0.15) is 5.75 Å². The number of benzene rings is 1. The molecule has 3 heteroatoms. The van der Waals surface area contributed by atoms with Crippen LogP contribution in [0, 0.1) is 0 Å². The van der Waals surface area contributed by atoms with Crippen LogP contribution in [0.15, 0.2) is 24.3 Å². The van der Waals surface area contributed by atoms with Crippen molar-refractivity contribution >= 4 is 21.6 Å². The molecule has 1 rings (SSSR count). The lowest BCUT2D eigenvalue weighted by molar-refractivity contribution is 0.415. The maximum Gasteiger partial charge on any atom is 0.142 e. The van der Waals surface area contributed by atoms with E-state index in [1.54, 1.807) is 7.11 Å². The van der Waals surface area contributed by atoms with Gasteiger partial charge in [0, 0.05) is 7.05 Å². The second-order valence-electron chi connectivity index (χ2n) is 2.49. The molecule has 0 unspecified atom stereocenters. The number of nitrogens with zero attached hydrogens (tertiary/aromatic N) is 1. The Morgan fingerprint density at radius 2 is 2.08 bits per heavy atom. The molecule has 0 aliphatic rings. The van der Waals surface area contributed by atoms with E-state index in [4.69, 9.17) is 4.74 Å². The first kappa shape index (κ1) is 9.39. The van der Waals surface area contributed by atoms with Gasteiger partial charge in [0.05, 0.1) is 18.3 Å². The third kappa shape index (κ3) is 1.91. The van der Waals surface area contributed by atoms with Gasteiger partial charge in [0.15, 0.2) is 0 Å². The molecule has 0 aliphatic carbocycles. The topological polar surface area (TPSA) is 12.5 Å². The van der Waals surface area contributed by atoms with Crippen molar-refractivity contribution in [3.63, 3.8) is 0 Å². The van der Waals surface area contributed by atoms with Crippen LogP contribution in [0.1, 0.15) is 0 Å². The zero-order valence-electron chi connectivity index (χ0n) is 7.25. The van der Waals surface area contributed by atoms with E-state index in [9.17, 15) is 0 Å². The Kier molecular flexibility index (Phi) is 3.41. The molecule has 0 atom stereocenters. The van der Waals surface area contributed by atoms with E-state index in [1.807, 2.05) is 31.3 Å². The molecule has 0 saturated carbocycles. The van der Waals surface area contributed by atoms with Crippen LogP contribution in [0.2, 0.25) is 0 Å². The van der Waals surface area contributed by atoms with E-state index in [0.717, 1.165) is 16.9 Å². The minimum absolute atomic E-state index is 0.799. The van der Waals surface area contributed by atoms with Gasteiger partial charge in [-0.3, -0.25) is 0 Å². The summed E-state index contributed by atoms with van der Waals surface area (Å²) in [6.45, 7) is 0. The van der Waals surface area contributed by atoms with Gasteiger partial charge >= 0.3 is 0 Å². The summed E-state index contributed by atoms with van der Waals surface area (Å²) in [4.78, 5) is 2.07. The maximum atomic E-state index is 5.21. The number of methoxy groups -OCH3 is 1. The van der Waals surface area contributed by atoms with Crippen molar-refractivity contribution in [3.8, 4) is 5.75 Å². The van der Waals surface area contributed by atoms with Crippen LogP contribution in [0.4, 0.5) is 5.69 Å². The Morgan fingerprint density at radius 3 is 2.67 bits per heavy atom. The van der Waals surface area contributed by atoms with E-state index in [-0.39, 0.29) is 0 Å². The van der Waals surface area contributed by atoms with Crippen LogP contribution in [0.25, 0.3) is 0 Å². The van der Waals surface area contributed by atoms with Crippen molar-refractivity contribution in [1.82, 2.24) is 0 Å². The molecule has 12 heavy (non-hydrogen) atoms. The van der Waals surface area contributed by atoms with Crippen LogP contribution in [-0.2, 0) is 0 Å². The molecule has 1 aromatic carbocycles. The molecule has 0 fully saturated rings. The largest absolute Gasteiger partial charge is 0.495 e. The van der Waals surface area contributed by atoms with Crippen molar-refractivity contribution in [1.29, 1.82) is 0 Å². The first-order chi connectivity index (χ1) is 5.79. The van der Waals surface area contributed by atoms with Crippen LogP contribution < -0.4 is 9.64 Å². The van der Waals surface area contributed by atoms with E-state index < -0.39 is 0 Å². The molecular weight excluding hydrogens is 218 g/mol. The lowest BCUT2D eigenvalue weighted by Crippen LogP contribution is -2.14. The Balaban J connectivity index is 2.96. The molecule has 66 valence electrons. The van der Waals surface area contributed by atoms with Crippen molar-refractivity contribution < 1.29 is 4.74 Å². The van der Waals surface area contributed by atoms with Crippen LogP contribution >= 0.6 is 15.9 Å². The Labute approximate surface area is 81.3 Å². The van der Waals surface area contributed by atoms with Gasteiger partial charge in [-0.05, 0) is 12.1 Å². The van der Waals surface area contributed by atoms with Gasteiger partial charge in [-0.25, -0.2) is 0 Å². The second-order valence-corrected chi connectivity index (χ2v) is 2.99. The molecule has 0 radical (unpaired) electrons. The predicted octanol–water partition coefficient (Wildman–Crippen LogP) is 2.48. The van der Waals surface area contributed by atoms with Gasteiger partial charge < -0.3 is 9.64 Å². The summed E-state index contributed by atoms with van der Waals surface area (Å²) in [5, 5.41) is 0. The third-order valence-corrected chi connectivity index (χ3v) is 2.43. The predicted molar refractivity (Wildman–Crippen MR) is 55.2 cm³/mol. The summed E-state index contributed by atoms with van der Waals surface area (Å²) in [5.74, 6) is 0.902. The van der Waals surface area contributed by atoms with Crippen LogP contribution in [0.3, 0.4) is 0 Å². The zero-order valence-corrected chi connectivity index (χ0v) is 8.84. The quantitative estimate of drug-likeness (QED) is 0.584. The average Bonchev–Trinajstić information content (AvgIpc) is 2.16. The molecular formula is C9H12BrNO. The number of hydrogen-bond acceptors (Lipinski definition) is 2. The number of hydrogen-bond donors (Lipinski definition) is 0. The lowest BCUT2D eigenvalue weighted by atomic mass is 10.3. The van der Waals surface area contributed by atoms with Crippen LogP contribution in [0.5, 0.6) is 5.75 Å². The van der Waals surface area contributed by atoms with E-state index >= 15 is 0 Å². The molecule has 0 saturated heterocycles. The molecule has 2 nitrogen and oxygen atoms in total. The summed E-state index contributed by atoms with van der Waals surface area (Å²) >= 11 is 3.39. The van der Waals surface area contributed by atoms with Crippen molar-refractivity contribution in [2.45, 2.75) is 0 Å². The SMILES string of the molecule is COc1ccccc1N(C)CBr. The summed E-state index contributed by atoms with van der Waals surface area (Å²) in [6.07, 6.45) is 0. The fourth-order valence-electron chi connectivity index (χ4n) is 1.01. The van der Waals surface area contributed by atoms with E-state index in [2.05, 4.69) is 20.8 Å². The van der Waals surface area contributed by atoms with E-state index in [0.29, 0.717) is 0 Å². The molecule has 0 spiro atoms. The number of alkyl halides is 1. The lowest BCUT2D eigenvalue weighted by Gasteiger charge is -2.18. The highest BCUT2D eigenvalue weighted by molar-refractivity contribution is 9.09. The summed E-state index contributed by atoms with van der Waals surface area (Å²) < 4.78 is 5.21. The fourth-order valence-corrected chi connectivity index (χ4v) is 1.28. The van der Waals surface area contributed by atoms with Gasteiger partial charge in [0.25, 0.3) is 0 Å². The molecule has 0 amide bonds. The summed E-state index contributed by atoms with van der Waals surface area (Å²) in [5.41, 5.74) is 1.89. The van der Waals surface area contributed by atoms with Gasteiger partial charge in [0.2, 0.25) is 0 Å². The monoisotopic (exact) mass is 229 g/mol. The average molecular weight is 230 g/mol. The number of ether oxygens (including phenoxy) is 1. The van der Waals surface area contributed by atoms with E-state index in [1.165, 1.54) is 0 Å². The van der Waals surface area contributed by atoms with Gasteiger partial charge in [-0.2, -0.15) is 0 Å².